The van der Waals surface area contributed by atoms with Crippen LogP contribution in [0.25, 0.3) is 0 Å². The van der Waals surface area contributed by atoms with E-state index in [4.69, 9.17) is 0 Å². The maximum atomic E-state index is 12.6. The quantitative estimate of drug-likeness (QED) is 0.747. The van der Waals surface area contributed by atoms with E-state index < -0.39 is 0 Å². The van der Waals surface area contributed by atoms with Crippen LogP contribution in [-0.4, -0.2) is 22.2 Å². The molecule has 130 valence electrons. The highest BCUT2D eigenvalue weighted by Gasteiger charge is 2.19. The normalized spacial score (nSPS) is 12.2. The molecule has 1 amide bonds. The number of carbonyl (C=O) groups excluding carboxylic acids is 1. The fourth-order valence-corrected chi connectivity index (χ4v) is 3.74. The lowest BCUT2D eigenvalue weighted by molar-refractivity contribution is 0.0949. The number of thiophene rings is 1. The summed E-state index contributed by atoms with van der Waals surface area (Å²) in [4.78, 5) is 13.8. The molecular weight excluding hydrogens is 330 g/mol. The van der Waals surface area contributed by atoms with Gasteiger partial charge in [-0.05, 0) is 68.5 Å². The van der Waals surface area contributed by atoms with Crippen LogP contribution in [0.2, 0.25) is 0 Å². The van der Waals surface area contributed by atoms with Crippen molar-refractivity contribution < 1.29 is 4.79 Å². The number of nitrogens with one attached hydrogen (secondary N) is 1. The summed E-state index contributed by atoms with van der Waals surface area (Å²) in [6, 6.07) is 12.0. The van der Waals surface area contributed by atoms with E-state index in [0.717, 1.165) is 17.0 Å². The molecule has 25 heavy (non-hydrogen) atoms. The summed E-state index contributed by atoms with van der Waals surface area (Å²) in [5, 5.41) is 9.75. The first kappa shape index (κ1) is 17.4. The molecule has 1 aromatic carbocycles. The van der Waals surface area contributed by atoms with Crippen LogP contribution in [0.3, 0.4) is 0 Å². The number of hydrogen-bond donors (Lipinski definition) is 1. The molecule has 0 saturated carbocycles. The Morgan fingerprint density at radius 1 is 1.16 bits per heavy atom. The molecule has 0 saturated heterocycles. The van der Waals surface area contributed by atoms with Gasteiger partial charge in [-0.3, -0.25) is 9.48 Å². The monoisotopic (exact) mass is 353 g/mol. The Morgan fingerprint density at radius 2 is 1.96 bits per heavy atom. The molecule has 1 atom stereocenters. The summed E-state index contributed by atoms with van der Waals surface area (Å²) in [6.07, 6.45) is 0. The number of carbonyl (C=O) groups is 1. The second-order valence-electron chi connectivity index (χ2n) is 6.41. The van der Waals surface area contributed by atoms with Crippen molar-refractivity contribution in [2.45, 2.75) is 33.7 Å². The molecule has 4 nitrogen and oxygen atoms in total. The Bertz CT molecular complexity index is 880. The third kappa shape index (κ3) is 3.82. The van der Waals surface area contributed by atoms with E-state index in [0.29, 0.717) is 12.1 Å². The summed E-state index contributed by atoms with van der Waals surface area (Å²) in [5.74, 6) is -0.0498. The van der Waals surface area contributed by atoms with E-state index in [1.807, 2.05) is 56.6 Å². The van der Waals surface area contributed by atoms with Gasteiger partial charge < -0.3 is 5.32 Å². The van der Waals surface area contributed by atoms with E-state index in [1.54, 1.807) is 11.3 Å². The fraction of sp³-hybridized carbons (Fsp3) is 0.300. The average Bonchev–Trinajstić information content (AvgIpc) is 3.20. The molecule has 2 heterocycles. The molecular formula is C20H23N3OS. The van der Waals surface area contributed by atoms with Crippen molar-refractivity contribution in [1.29, 1.82) is 0 Å². The second kappa shape index (κ2) is 7.23. The van der Waals surface area contributed by atoms with Gasteiger partial charge in [0.25, 0.3) is 5.91 Å². The molecule has 2 aromatic heterocycles. The Balaban J connectivity index is 1.80. The van der Waals surface area contributed by atoms with Gasteiger partial charge in [0.1, 0.15) is 6.04 Å². The number of hydrogen-bond acceptors (Lipinski definition) is 3. The molecule has 0 bridgehead atoms. The molecule has 5 heteroatoms. The van der Waals surface area contributed by atoms with Crippen molar-refractivity contribution in [1.82, 2.24) is 15.1 Å². The van der Waals surface area contributed by atoms with Crippen molar-refractivity contribution in [3.05, 3.63) is 74.7 Å². The molecule has 0 radical (unpaired) electrons. The summed E-state index contributed by atoms with van der Waals surface area (Å²) in [7, 11) is 0. The molecule has 3 aromatic rings. The molecule has 0 aliphatic rings. The van der Waals surface area contributed by atoms with Gasteiger partial charge in [-0.15, -0.1) is 11.3 Å². The lowest BCUT2D eigenvalue weighted by Gasteiger charge is -2.19. The lowest BCUT2D eigenvalue weighted by atomic mass is 10.1. The van der Waals surface area contributed by atoms with Crippen LogP contribution in [0.1, 0.15) is 43.8 Å². The van der Waals surface area contributed by atoms with Crippen LogP contribution >= 0.6 is 11.3 Å². The van der Waals surface area contributed by atoms with Gasteiger partial charge in [0, 0.05) is 22.7 Å². The third-order valence-corrected chi connectivity index (χ3v) is 5.41. The van der Waals surface area contributed by atoms with Crippen molar-refractivity contribution in [2.24, 2.45) is 0 Å². The van der Waals surface area contributed by atoms with Crippen LogP contribution in [0.15, 0.2) is 41.8 Å². The molecule has 0 fully saturated rings. The molecule has 1 N–H and O–H groups in total. The van der Waals surface area contributed by atoms with Crippen molar-refractivity contribution >= 4 is 17.2 Å². The summed E-state index contributed by atoms with van der Waals surface area (Å²) in [6.45, 7) is 8.62. The zero-order chi connectivity index (χ0) is 18.0. The number of rotatable bonds is 5. The largest absolute Gasteiger partial charge is 0.350 e. The smallest absolute Gasteiger partial charge is 0.251 e. The Hall–Kier alpha value is -2.40. The molecule has 3 rings (SSSR count). The Labute approximate surface area is 152 Å². The van der Waals surface area contributed by atoms with Gasteiger partial charge >= 0.3 is 0 Å². The topological polar surface area (TPSA) is 46.9 Å². The highest BCUT2D eigenvalue weighted by Crippen LogP contribution is 2.24. The first-order valence-corrected chi connectivity index (χ1v) is 9.25. The van der Waals surface area contributed by atoms with Gasteiger partial charge in [0.15, 0.2) is 0 Å². The number of benzene rings is 1. The fourth-order valence-electron chi connectivity index (χ4n) is 2.92. The van der Waals surface area contributed by atoms with Gasteiger partial charge in [-0.1, -0.05) is 12.1 Å². The maximum absolute atomic E-state index is 12.6. The van der Waals surface area contributed by atoms with Gasteiger partial charge in [-0.25, -0.2) is 0 Å². The minimum atomic E-state index is -0.0498. The molecule has 0 spiro atoms. The summed E-state index contributed by atoms with van der Waals surface area (Å²) in [5.41, 5.74) is 5.09. The number of aryl methyl sites for hydroxylation is 4. The van der Waals surface area contributed by atoms with E-state index in [9.17, 15) is 4.79 Å². The number of aromatic nitrogens is 2. The second-order valence-corrected chi connectivity index (χ2v) is 7.39. The number of nitrogens with zero attached hydrogens (tertiary/aromatic N) is 2. The first-order valence-electron chi connectivity index (χ1n) is 8.37. The van der Waals surface area contributed by atoms with Crippen LogP contribution in [0.4, 0.5) is 0 Å². The van der Waals surface area contributed by atoms with Crippen LogP contribution < -0.4 is 5.32 Å². The zero-order valence-electron chi connectivity index (χ0n) is 15.0. The van der Waals surface area contributed by atoms with E-state index >= 15 is 0 Å². The highest BCUT2D eigenvalue weighted by molar-refractivity contribution is 7.10. The summed E-state index contributed by atoms with van der Waals surface area (Å²) >= 11 is 1.68. The Kier molecular flexibility index (Phi) is 5.04. The maximum Gasteiger partial charge on any atom is 0.251 e. The van der Waals surface area contributed by atoms with Crippen LogP contribution in [0, 0.1) is 27.7 Å². The first-order chi connectivity index (χ1) is 12.0. The molecule has 0 aliphatic carbocycles. The average molecular weight is 353 g/mol. The minimum Gasteiger partial charge on any atom is -0.350 e. The number of amides is 1. The van der Waals surface area contributed by atoms with Crippen molar-refractivity contribution in [3.8, 4) is 0 Å². The van der Waals surface area contributed by atoms with Gasteiger partial charge in [0.05, 0.1) is 5.69 Å². The van der Waals surface area contributed by atoms with Crippen molar-refractivity contribution in [3.63, 3.8) is 0 Å². The molecule has 0 aliphatic heterocycles. The van der Waals surface area contributed by atoms with Crippen LogP contribution in [0.5, 0.6) is 0 Å². The minimum absolute atomic E-state index is 0.00388. The van der Waals surface area contributed by atoms with E-state index in [-0.39, 0.29) is 11.9 Å². The van der Waals surface area contributed by atoms with E-state index in [2.05, 4.69) is 27.9 Å². The van der Waals surface area contributed by atoms with Crippen LogP contribution in [-0.2, 0) is 0 Å². The lowest BCUT2D eigenvalue weighted by Crippen LogP contribution is -2.32. The standard InChI is InChI=1S/C20H23N3OS/c1-13-7-8-17(10-14(13)2)20(24)21-12-18(19-6-5-9-25-19)23-16(4)11-15(3)22-23/h5-11,18H,12H2,1-4H3,(H,21,24). The van der Waals surface area contributed by atoms with Gasteiger partial charge in [-0.2, -0.15) is 5.10 Å². The molecule has 1 unspecified atom stereocenters. The third-order valence-electron chi connectivity index (χ3n) is 4.44. The zero-order valence-corrected chi connectivity index (χ0v) is 15.9. The predicted molar refractivity (Wildman–Crippen MR) is 102 cm³/mol. The Morgan fingerprint density at radius 3 is 2.56 bits per heavy atom. The summed E-state index contributed by atoms with van der Waals surface area (Å²) < 4.78 is 2.00. The van der Waals surface area contributed by atoms with Crippen molar-refractivity contribution in [2.75, 3.05) is 6.54 Å². The van der Waals surface area contributed by atoms with Gasteiger partial charge in [0.2, 0.25) is 0 Å². The van der Waals surface area contributed by atoms with E-state index in [1.165, 1.54) is 10.4 Å². The predicted octanol–water partition coefficient (Wildman–Crippen LogP) is 4.20. The SMILES string of the molecule is Cc1cc(C)n(C(CNC(=O)c2ccc(C)c(C)c2)c2cccs2)n1. The highest BCUT2D eigenvalue weighted by atomic mass is 32.1.